The van der Waals surface area contributed by atoms with E-state index < -0.39 is 6.10 Å². The van der Waals surface area contributed by atoms with E-state index in [0.29, 0.717) is 12.5 Å². The van der Waals surface area contributed by atoms with Gasteiger partial charge < -0.3 is 15.6 Å². The van der Waals surface area contributed by atoms with Gasteiger partial charge in [0, 0.05) is 16.4 Å². The molecule has 0 spiro atoms. The Labute approximate surface area is 136 Å². The molecule has 4 heteroatoms. The van der Waals surface area contributed by atoms with Crippen molar-refractivity contribution in [3.05, 3.63) is 28.2 Å². The Kier molecular flexibility index (Phi) is 5.69. The summed E-state index contributed by atoms with van der Waals surface area (Å²) in [4.78, 5) is 0. The van der Waals surface area contributed by atoms with Crippen molar-refractivity contribution in [3.63, 3.8) is 0 Å². The third-order valence-electron chi connectivity index (χ3n) is 5.04. The zero-order valence-corrected chi connectivity index (χ0v) is 14.5. The van der Waals surface area contributed by atoms with Crippen molar-refractivity contribution in [1.82, 2.24) is 0 Å². The highest BCUT2D eigenvalue weighted by atomic mass is 79.9. The molecular formula is C17H26BrNO2. The lowest BCUT2D eigenvalue weighted by molar-refractivity contribution is -0.0167. The summed E-state index contributed by atoms with van der Waals surface area (Å²) >= 11 is 3.56. The molecule has 1 aromatic rings. The molecule has 0 aromatic heterocycles. The zero-order chi connectivity index (χ0) is 15.5. The molecule has 0 bridgehead atoms. The number of benzene rings is 1. The highest BCUT2D eigenvalue weighted by molar-refractivity contribution is 9.10. The van der Waals surface area contributed by atoms with Crippen LogP contribution in [-0.4, -0.2) is 18.8 Å². The summed E-state index contributed by atoms with van der Waals surface area (Å²) in [5.74, 6) is 1.43. The summed E-state index contributed by atoms with van der Waals surface area (Å²) in [6.07, 6.45) is 5.00. The average Bonchev–Trinajstić information content (AvgIpc) is 2.54. The van der Waals surface area contributed by atoms with Gasteiger partial charge in [-0.3, -0.25) is 0 Å². The van der Waals surface area contributed by atoms with Crippen molar-refractivity contribution in [1.29, 1.82) is 0 Å². The summed E-state index contributed by atoms with van der Waals surface area (Å²) in [6.45, 7) is 2.75. The average molecular weight is 356 g/mol. The SMILES string of the molecule is CCC1CCCC(CN)(C(O)c2cc(OC)ccc2Br)C1. The second kappa shape index (κ2) is 7.12. The molecule has 3 nitrogen and oxygen atoms in total. The molecule has 3 atom stereocenters. The lowest BCUT2D eigenvalue weighted by Gasteiger charge is -2.44. The fourth-order valence-electron chi connectivity index (χ4n) is 3.60. The smallest absolute Gasteiger partial charge is 0.119 e. The van der Waals surface area contributed by atoms with Gasteiger partial charge in [-0.15, -0.1) is 0 Å². The van der Waals surface area contributed by atoms with Gasteiger partial charge in [0.05, 0.1) is 13.2 Å². The minimum Gasteiger partial charge on any atom is -0.497 e. The van der Waals surface area contributed by atoms with Gasteiger partial charge in [-0.2, -0.15) is 0 Å². The maximum atomic E-state index is 11.0. The first-order chi connectivity index (χ1) is 10.1. The molecule has 1 aliphatic rings. The van der Waals surface area contributed by atoms with Crippen molar-refractivity contribution in [2.24, 2.45) is 17.1 Å². The minimum absolute atomic E-state index is 0.214. The molecule has 21 heavy (non-hydrogen) atoms. The summed E-state index contributed by atoms with van der Waals surface area (Å²) < 4.78 is 6.21. The van der Waals surface area contributed by atoms with E-state index in [2.05, 4.69) is 22.9 Å². The molecule has 1 aliphatic carbocycles. The van der Waals surface area contributed by atoms with Crippen LogP contribution in [0.25, 0.3) is 0 Å². The molecule has 3 N–H and O–H groups in total. The third kappa shape index (κ3) is 3.43. The minimum atomic E-state index is -0.554. The van der Waals surface area contributed by atoms with Crippen LogP contribution >= 0.6 is 15.9 Å². The number of halogens is 1. The quantitative estimate of drug-likeness (QED) is 0.837. The van der Waals surface area contributed by atoms with Crippen LogP contribution in [0.4, 0.5) is 0 Å². The Bertz CT molecular complexity index is 480. The van der Waals surface area contributed by atoms with Crippen molar-refractivity contribution >= 4 is 15.9 Å². The fourth-order valence-corrected chi connectivity index (χ4v) is 4.07. The second-order valence-corrected chi connectivity index (χ2v) is 7.08. The highest BCUT2D eigenvalue weighted by Gasteiger charge is 2.42. The number of nitrogens with two attached hydrogens (primary N) is 1. The van der Waals surface area contributed by atoms with Crippen LogP contribution < -0.4 is 10.5 Å². The molecule has 0 amide bonds. The fraction of sp³-hybridized carbons (Fsp3) is 0.647. The van der Waals surface area contributed by atoms with E-state index >= 15 is 0 Å². The molecule has 1 fully saturated rings. The number of aliphatic hydroxyl groups is 1. The molecule has 118 valence electrons. The molecule has 1 aromatic carbocycles. The molecule has 0 radical (unpaired) electrons. The van der Waals surface area contributed by atoms with Crippen LogP contribution in [0.3, 0.4) is 0 Å². The van der Waals surface area contributed by atoms with Crippen LogP contribution in [0.1, 0.15) is 50.7 Å². The molecular weight excluding hydrogens is 330 g/mol. The van der Waals surface area contributed by atoms with E-state index in [9.17, 15) is 5.11 Å². The number of methoxy groups -OCH3 is 1. The van der Waals surface area contributed by atoms with E-state index in [1.807, 2.05) is 18.2 Å². The Morgan fingerprint density at radius 2 is 2.29 bits per heavy atom. The number of hydrogen-bond acceptors (Lipinski definition) is 3. The van der Waals surface area contributed by atoms with E-state index in [4.69, 9.17) is 10.5 Å². The molecule has 3 unspecified atom stereocenters. The van der Waals surface area contributed by atoms with Gasteiger partial charge in [0.25, 0.3) is 0 Å². The summed E-state index contributed by atoms with van der Waals surface area (Å²) in [5.41, 5.74) is 6.78. The van der Waals surface area contributed by atoms with Gasteiger partial charge in [0.15, 0.2) is 0 Å². The molecule has 1 saturated carbocycles. The molecule has 0 aliphatic heterocycles. The van der Waals surface area contributed by atoms with Crippen molar-refractivity contribution in [2.75, 3.05) is 13.7 Å². The molecule has 0 saturated heterocycles. The van der Waals surface area contributed by atoms with Crippen LogP contribution in [0.5, 0.6) is 5.75 Å². The van der Waals surface area contributed by atoms with E-state index in [1.54, 1.807) is 7.11 Å². The molecule has 0 heterocycles. The third-order valence-corrected chi connectivity index (χ3v) is 5.77. The summed E-state index contributed by atoms with van der Waals surface area (Å²) in [5, 5.41) is 11.0. The van der Waals surface area contributed by atoms with Gasteiger partial charge >= 0.3 is 0 Å². The van der Waals surface area contributed by atoms with Crippen molar-refractivity contribution < 1.29 is 9.84 Å². The number of hydrogen-bond donors (Lipinski definition) is 2. The second-order valence-electron chi connectivity index (χ2n) is 6.23. The first-order valence-corrected chi connectivity index (χ1v) is 8.57. The maximum absolute atomic E-state index is 11.0. The van der Waals surface area contributed by atoms with Crippen LogP contribution in [-0.2, 0) is 0 Å². The monoisotopic (exact) mass is 355 g/mol. The van der Waals surface area contributed by atoms with E-state index in [-0.39, 0.29) is 5.41 Å². The summed E-state index contributed by atoms with van der Waals surface area (Å²) in [6, 6.07) is 5.74. The number of aliphatic hydroxyl groups excluding tert-OH is 1. The Hall–Kier alpha value is -0.580. The Morgan fingerprint density at radius 3 is 2.90 bits per heavy atom. The zero-order valence-electron chi connectivity index (χ0n) is 12.9. The van der Waals surface area contributed by atoms with Gasteiger partial charge in [-0.25, -0.2) is 0 Å². The number of rotatable bonds is 5. The van der Waals surface area contributed by atoms with Gasteiger partial charge in [0.1, 0.15) is 5.75 Å². The standard InChI is InChI=1S/C17H26BrNO2/c1-3-12-5-4-8-17(10-12,11-19)16(20)14-9-13(21-2)6-7-15(14)18/h6-7,9,12,16,20H,3-5,8,10-11,19H2,1-2H3. The normalized spacial score (nSPS) is 27.4. The first-order valence-electron chi connectivity index (χ1n) is 7.78. The van der Waals surface area contributed by atoms with E-state index in [1.165, 1.54) is 6.42 Å². The first kappa shape index (κ1) is 16.8. The lowest BCUT2D eigenvalue weighted by atomic mass is 9.64. The van der Waals surface area contributed by atoms with E-state index in [0.717, 1.165) is 41.5 Å². The molecule has 2 rings (SSSR count). The van der Waals surface area contributed by atoms with Crippen LogP contribution in [0.15, 0.2) is 22.7 Å². The maximum Gasteiger partial charge on any atom is 0.119 e. The summed E-state index contributed by atoms with van der Waals surface area (Å²) in [7, 11) is 1.64. The van der Waals surface area contributed by atoms with Gasteiger partial charge in [0.2, 0.25) is 0 Å². The van der Waals surface area contributed by atoms with Crippen molar-refractivity contribution in [3.8, 4) is 5.75 Å². The van der Waals surface area contributed by atoms with Crippen LogP contribution in [0, 0.1) is 11.3 Å². The number of ether oxygens (including phenoxy) is 1. The predicted molar refractivity (Wildman–Crippen MR) is 89.4 cm³/mol. The van der Waals surface area contributed by atoms with Crippen LogP contribution in [0.2, 0.25) is 0 Å². The topological polar surface area (TPSA) is 55.5 Å². The largest absolute Gasteiger partial charge is 0.497 e. The predicted octanol–water partition coefficient (Wildman–Crippen LogP) is 4.04. The Morgan fingerprint density at radius 1 is 1.52 bits per heavy atom. The van der Waals surface area contributed by atoms with Crippen molar-refractivity contribution in [2.45, 2.75) is 45.1 Å². The Balaban J connectivity index is 2.33. The highest BCUT2D eigenvalue weighted by Crippen LogP contribution is 2.49. The van der Waals surface area contributed by atoms with Gasteiger partial charge in [-0.1, -0.05) is 42.1 Å². The van der Waals surface area contributed by atoms with Gasteiger partial charge in [-0.05, 0) is 42.5 Å². The lowest BCUT2D eigenvalue weighted by Crippen LogP contribution is -2.41.